The summed E-state index contributed by atoms with van der Waals surface area (Å²) in [5, 5.41) is 17.6. The standard InChI is InChI=1S/C11H16O3/c12-8-11(13)6-7-14-9-10-4-2-1-3-5-10/h1-5,11-13H,6-9H2/t11-/m1/s1. The number of ether oxygens (including phenoxy) is 1. The molecule has 0 fully saturated rings. The van der Waals surface area contributed by atoms with Gasteiger partial charge in [-0.3, -0.25) is 0 Å². The average molecular weight is 196 g/mol. The maximum Gasteiger partial charge on any atom is 0.0792 e. The number of rotatable bonds is 6. The molecule has 0 heterocycles. The quantitative estimate of drug-likeness (QED) is 0.666. The zero-order valence-electron chi connectivity index (χ0n) is 8.10. The third kappa shape index (κ3) is 4.37. The van der Waals surface area contributed by atoms with Gasteiger partial charge in [0.25, 0.3) is 0 Å². The molecule has 2 N–H and O–H groups in total. The van der Waals surface area contributed by atoms with E-state index in [1.165, 1.54) is 0 Å². The number of aliphatic hydroxyl groups is 2. The first kappa shape index (κ1) is 11.2. The normalized spacial score (nSPS) is 12.7. The molecule has 0 aliphatic rings. The summed E-state index contributed by atoms with van der Waals surface area (Å²) in [4.78, 5) is 0. The van der Waals surface area contributed by atoms with Gasteiger partial charge in [-0.05, 0) is 12.0 Å². The Morgan fingerprint density at radius 2 is 1.93 bits per heavy atom. The molecule has 0 saturated heterocycles. The maximum atomic E-state index is 9.03. The molecule has 0 aromatic heterocycles. The molecule has 1 aromatic carbocycles. The van der Waals surface area contributed by atoms with E-state index in [4.69, 9.17) is 14.9 Å². The molecule has 14 heavy (non-hydrogen) atoms. The van der Waals surface area contributed by atoms with E-state index in [9.17, 15) is 0 Å². The zero-order valence-corrected chi connectivity index (χ0v) is 8.10. The van der Waals surface area contributed by atoms with E-state index in [-0.39, 0.29) is 6.61 Å². The summed E-state index contributed by atoms with van der Waals surface area (Å²) in [6.45, 7) is 0.824. The molecule has 0 amide bonds. The van der Waals surface area contributed by atoms with Crippen molar-refractivity contribution in [2.24, 2.45) is 0 Å². The van der Waals surface area contributed by atoms with Gasteiger partial charge in [-0.15, -0.1) is 0 Å². The van der Waals surface area contributed by atoms with Gasteiger partial charge in [0.15, 0.2) is 0 Å². The van der Waals surface area contributed by atoms with Crippen LogP contribution in [0.4, 0.5) is 0 Å². The van der Waals surface area contributed by atoms with Gasteiger partial charge in [-0.2, -0.15) is 0 Å². The summed E-state index contributed by atoms with van der Waals surface area (Å²) < 4.78 is 5.32. The van der Waals surface area contributed by atoms with Crippen LogP contribution in [-0.2, 0) is 11.3 Å². The summed E-state index contributed by atoms with van der Waals surface area (Å²) in [5.74, 6) is 0. The van der Waals surface area contributed by atoms with Crippen LogP contribution < -0.4 is 0 Å². The van der Waals surface area contributed by atoms with Gasteiger partial charge >= 0.3 is 0 Å². The van der Waals surface area contributed by atoms with E-state index in [1.54, 1.807) is 0 Å². The lowest BCUT2D eigenvalue weighted by atomic mass is 10.2. The maximum absolute atomic E-state index is 9.03. The molecule has 0 aliphatic carbocycles. The van der Waals surface area contributed by atoms with Gasteiger partial charge in [-0.1, -0.05) is 30.3 Å². The van der Waals surface area contributed by atoms with Crippen molar-refractivity contribution < 1.29 is 14.9 Å². The second-order valence-corrected chi connectivity index (χ2v) is 3.16. The van der Waals surface area contributed by atoms with Crippen molar-refractivity contribution in [2.45, 2.75) is 19.1 Å². The van der Waals surface area contributed by atoms with Crippen LogP contribution in [0.25, 0.3) is 0 Å². The minimum atomic E-state index is -0.661. The first-order valence-corrected chi connectivity index (χ1v) is 4.73. The number of aliphatic hydroxyl groups excluding tert-OH is 2. The van der Waals surface area contributed by atoms with Crippen LogP contribution in [0.2, 0.25) is 0 Å². The average Bonchev–Trinajstić information content (AvgIpc) is 2.25. The van der Waals surface area contributed by atoms with Crippen molar-refractivity contribution >= 4 is 0 Å². The predicted octanol–water partition coefficient (Wildman–Crippen LogP) is 0.946. The molecule has 0 aliphatic heterocycles. The van der Waals surface area contributed by atoms with Crippen LogP contribution in [0, 0.1) is 0 Å². The van der Waals surface area contributed by atoms with E-state index < -0.39 is 6.10 Å². The van der Waals surface area contributed by atoms with Gasteiger partial charge in [0, 0.05) is 6.61 Å². The Labute approximate surface area is 84.0 Å². The Morgan fingerprint density at radius 1 is 1.21 bits per heavy atom. The topological polar surface area (TPSA) is 49.7 Å². The van der Waals surface area contributed by atoms with E-state index in [0.717, 1.165) is 5.56 Å². The van der Waals surface area contributed by atoms with Crippen LogP contribution >= 0.6 is 0 Å². The lowest BCUT2D eigenvalue weighted by Crippen LogP contribution is -2.14. The van der Waals surface area contributed by atoms with Crippen molar-refractivity contribution in [1.82, 2.24) is 0 Å². The Balaban J connectivity index is 2.10. The molecular formula is C11H16O3. The highest BCUT2D eigenvalue weighted by atomic mass is 16.5. The molecule has 1 rings (SSSR count). The van der Waals surface area contributed by atoms with Crippen LogP contribution in [0.15, 0.2) is 30.3 Å². The highest BCUT2D eigenvalue weighted by molar-refractivity contribution is 5.13. The molecule has 0 unspecified atom stereocenters. The SMILES string of the molecule is OC[C@H](O)CCOCc1ccccc1. The van der Waals surface area contributed by atoms with Gasteiger partial charge in [0.05, 0.1) is 19.3 Å². The number of hydrogen-bond acceptors (Lipinski definition) is 3. The molecule has 1 aromatic rings. The molecule has 0 saturated carbocycles. The second-order valence-electron chi connectivity index (χ2n) is 3.16. The monoisotopic (exact) mass is 196 g/mol. The highest BCUT2D eigenvalue weighted by Crippen LogP contribution is 2.01. The summed E-state index contributed by atoms with van der Waals surface area (Å²) in [6.07, 6.45) is -0.186. The molecule has 0 bridgehead atoms. The van der Waals surface area contributed by atoms with Crippen molar-refractivity contribution in [3.8, 4) is 0 Å². The van der Waals surface area contributed by atoms with Gasteiger partial charge in [-0.25, -0.2) is 0 Å². The van der Waals surface area contributed by atoms with E-state index in [1.807, 2.05) is 30.3 Å². The largest absolute Gasteiger partial charge is 0.394 e. The van der Waals surface area contributed by atoms with Gasteiger partial charge in [0.2, 0.25) is 0 Å². The Bertz CT molecular complexity index is 236. The molecule has 0 spiro atoms. The van der Waals surface area contributed by atoms with Crippen LogP contribution in [0.5, 0.6) is 0 Å². The van der Waals surface area contributed by atoms with Crippen LogP contribution in [-0.4, -0.2) is 29.5 Å². The second kappa shape index (κ2) is 6.54. The number of benzene rings is 1. The zero-order chi connectivity index (χ0) is 10.2. The van der Waals surface area contributed by atoms with Crippen LogP contribution in [0.3, 0.4) is 0 Å². The minimum absolute atomic E-state index is 0.200. The first-order chi connectivity index (χ1) is 6.83. The fourth-order valence-electron chi connectivity index (χ4n) is 1.07. The molecular weight excluding hydrogens is 180 g/mol. The minimum Gasteiger partial charge on any atom is -0.394 e. The summed E-state index contributed by atoms with van der Waals surface area (Å²) in [6, 6.07) is 9.85. The smallest absolute Gasteiger partial charge is 0.0792 e. The molecule has 3 nitrogen and oxygen atoms in total. The van der Waals surface area contributed by atoms with Crippen LogP contribution in [0.1, 0.15) is 12.0 Å². The summed E-state index contributed by atoms with van der Waals surface area (Å²) in [5.41, 5.74) is 1.12. The van der Waals surface area contributed by atoms with Crippen molar-refractivity contribution in [3.63, 3.8) is 0 Å². The molecule has 78 valence electrons. The number of hydrogen-bond donors (Lipinski definition) is 2. The fraction of sp³-hybridized carbons (Fsp3) is 0.455. The first-order valence-electron chi connectivity index (χ1n) is 4.73. The van der Waals surface area contributed by atoms with E-state index in [0.29, 0.717) is 19.6 Å². The Morgan fingerprint density at radius 3 is 2.57 bits per heavy atom. The summed E-state index contributed by atoms with van der Waals surface area (Å²) in [7, 11) is 0. The fourth-order valence-corrected chi connectivity index (χ4v) is 1.07. The third-order valence-corrected chi connectivity index (χ3v) is 1.92. The van der Waals surface area contributed by atoms with Crippen molar-refractivity contribution in [1.29, 1.82) is 0 Å². The van der Waals surface area contributed by atoms with E-state index in [2.05, 4.69) is 0 Å². The predicted molar refractivity (Wildman–Crippen MR) is 53.8 cm³/mol. The van der Waals surface area contributed by atoms with Crippen molar-refractivity contribution in [3.05, 3.63) is 35.9 Å². The lowest BCUT2D eigenvalue weighted by Gasteiger charge is -2.07. The molecule has 3 heteroatoms. The van der Waals surface area contributed by atoms with E-state index >= 15 is 0 Å². The van der Waals surface area contributed by atoms with Gasteiger partial charge in [0.1, 0.15) is 0 Å². The molecule has 0 radical (unpaired) electrons. The third-order valence-electron chi connectivity index (χ3n) is 1.92. The Kier molecular flexibility index (Phi) is 5.22. The highest BCUT2D eigenvalue weighted by Gasteiger charge is 2.00. The summed E-state index contributed by atoms with van der Waals surface area (Å²) >= 11 is 0. The van der Waals surface area contributed by atoms with Crippen molar-refractivity contribution in [2.75, 3.05) is 13.2 Å². The Hall–Kier alpha value is -0.900. The van der Waals surface area contributed by atoms with Gasteiger partial charge < -0.3 is 14.9 Å². The molecule has 1 atom stereocenters. The lowest BCUT2D eigenvalue weighted by molar-refractivity contribution is 0.0436.